The van der Waals surface area contributed by atoms with Crippen molar-refractivity contribution in [2.24, 2.45) is 0 Å². The largest absolute Gasteiger partial charge is 0.496 e. The zero-order valence-electron chi connectivity index (χ0n) is 23.7. The smallest absolute Gasteiger partial charge is 0.248 e. The van der Waals surface area contributed by atoms with E-state index in [2.05, 4.69) is 15.6 Å². The third-order valence-electron chi connectivity index (χ3n) is 6.35. The van der Waals surface area contributed by atoms with Gasteiger partial charge in [-0.15, -0.1) is 5.10 Å². The molecule has 1 aromatic heterocycles. The molecular weight excluding hydrogens is 510 g/mol. The Morgan fingerprint density at radius 1 is 0.900 bits per heavy atom. The fourth-order valence-corrected chi connectivity index (χ4v) is 4.61. The Morgan fingerprint density at radius 2 is 1.57 bits per heavy atom. The molecule has 0 aliphatic carbocycles. The molecule has 10 nitrogen and oxygen atoms in total. The Morgan fingerprint density at radius 3 is 2.27 bits per heavy atom. The minimum Gasteiger partial charge on any atom is -0.496 e. The maximum atomic E-state index is 14.2. The van der Waals surface area contributed by atoms with E-state index in [9.17, 15) is 9.59 Å². The molecular formula is C30H35N5O5. The van der Waals surface area contributed by atoms with E-state index in [1.807, 2.05) is 69.3 Å². The summed E-state index contributed by atoms with van der Waals surface area (Å²) in [7, 11) is 4.61. The highest BCUT2D eigenvalue weighted by atomic mass is 16.5. The third kappa shape index (κ3) is 6.17. The second-order valence-electron chi connectivity index (χ2n) is 10.3. The van der Waals surface area contributed by atoms with Crippen LogP contribution in [0.5, 0.6) is 17.2 Å². The van der Waals surface area contributed by atoms with Crippen LogP contribution < -0.4 is 19.5 Å². The molecule has 0 saturated carbocycles. The maximum Gasteiger partial charge on any atom is 0.248 e. The van der Waals surface area contributed by atoms with Crippen LogP contribution in [0.4, 0.5) is 0 Å². The second-order valence-corrected chi connectivity index (χ2v) is 10.3. The monoisotopic (exact) mass is 545 g/mol. The molecule has 0 aliphatic heterocycles. The summed E-state index contributed by atoms with van der Waals surface area (Å²) in [5, 5.41) is 11.4. The summed E-state index contributed by atoms with van der Waals surface area (Å²) in [4.78, 5) is 29.8. The van der Waals surface area contributed by atoms with Crippen molar-refractivity contribution in [3.05, 3.63) is 77.9 Å². The number of fused-ring (bicyclic) bond motifs is 1. The van der Waals surface area contributed by atoms with Gasteiger partial charge in [-0.3, -0.25) is 9.59 Å². The summed E-state index contributed by atoms with van der Waals surface area (Å²) in [6, 6.07) is 19.0. The lowest BCUT2D eigenvalue weighted by Crippen LogP contribution is -2.49. The van der Waals surface area contributed by atoms with Gasteiger partial charge in [0.05, 0.1) is 33.4 Å². The van der Waals surface area contributed by atoms with Crippen molar-refractivity contribution in [1.29, 1.82) is 0 Å². The normalized spacial score (nSPS) is 12.1. The molecule has 3 aromatic carbocycles. The van der Waals surface area contributed by atoms with Gasteiger partial charge in [-0.05, 0) is 45.0 Å². The van der Waals surface area contributed by atoms with Crippen molar-refractivity contribution in [2.45, 2.75) is 45.4 Å². The highest BCUT2D eigenvalue weighted by molar-refractivity contribution is 5.90. The van der Waals surface area contributed by atoms with E-state index < -0.39 is 11.6 Å². The zero-order valence-corrected chi connectivity index (χ0v) is 23.7. The minimum absolute atomic E-state index is 0.0814. The van der Waals surface area contributed by atoms with E-state index in [0.29, 0.717) is 33.8 Å². The third-order valence-corrected chi connectivity index (χ3v) is 6.35. The maximum absolute atomic E-state index is 14.2. The zero-order chi connectivity index (χ0) is 28.9. The molecule has 40 heavy (non-hydrogen) atoms. The van der Waals surface area contributed by atoms with E-state index in [4.69, 9.17) is 14.2 Å². The first-order valence-corrected chi connectivity index (χ1v) is 12.9. The second kappa shape index (κ2) is 12.1. The molecule has 210 valence electrons. The predicted molar refractivity (Wildman–Crippen MR) is 151 cm³/mol. The molecule has 4 aromatic rings. The molecule has 0 fully saturated rings. The fraction of sp³-hybridized carbons (Fsp3) is 0.333. The number of aromatic nitrogens is 3. The van der Waals surface area contributed by atoms with Crippen LogP contribution in [0.2, 0.25) is 0 Å². The summed E-state index contributed by atoms with van der Waals surface area (Å²) in [5.41, 5.74) is 2.03. The van der Waals surface area contributed by atoms with Crippen molar-refractivity contribution in [2.75, 3.05) is 21.3 Å². The van der Waals surface area contributed by atoms with Gasteiger partial charge in [0, 0.05) is 16.7 Å². The first-order chi connectivity index (χ1) is 19.2. The molecule has 0 saturated heterocycles. The number of nitrogens with one attached hydrogen (secondary N) is 1. The van der Waals surface area contributed by atoms with Gasteiger partial charge in [-0.25, -0.2) is 4.68 Å². The number of para-hydroxylation sites is 3. The van der Waals surface area contributed by atoms with Gasteiger partial charge in [0.25, 0.3) is 0 Å². The molecule has 0 unspecified atom stereocenters. The van der Waals surface area contributed by atoms with Crippen LogP contribution in [-0.2, 0) is 22.7 Å². The lowest BCUT2D eigenvalue weighted by molar-refractivity contribution is -0.143. The number of ether oxygens (including phenoxy) is 3. The number of hydrogen-bond acceptors (Lipinski definition) is 7. The van der Waals surface area contributed by atoms with Crippen molar-refractivity contribution in [1.82, 2.24) is 25.2 Å². The van der Waals surface area contributed by atoms with Gasteiger partial charge in [0.1, 0.15) is 23.9 Å². The summed E-state index contributed by atoms with van der Waals surface area (Å²) < 4.78 is 18.4. The standard InChI is InChI=1S/C30H35N5O5/c1-30(2,3)31-29(37)27(21-13-11-17-25(39-5)28(21)40-6)34(18-20-12-7-10-16-24(20)38-4)26(36)19-35-23-15-9-8-14-22(23)32-33-35/h7-17,27H,18-19H2,1-6H3,(H,31,37)/t27-/m1/s1. The van der Waals surface area contributed by atoms with E-state index >= 15 is 0 Å². The van der Waals surface area contributed by atoms with E-state index in [1.165, 1.54) is 23.8 Å². The van der Waals surface area contributed by atoms with Crippen LogP contribution in [0.1, 0.15) is 37.9 Å². The van der Waals surface area contributed by atoms with Crippen LogP contribution in [0.3, 0.4) is 0 Å². The van der Waals surface area contributed by atoms with Crippen molar-refractivity contribution < 1.29 is 23.8 Å². The SMILES string of the molecule is COc1ccccc1CN(C(=O)Cn1nnc2ccccc21)[C@@H](C(=O)NC(C)(C)C)c1cccc(OC)c1OC. The first kappa shape index (κ1) is 28.4. The molecule has 2 amide bonds. The summed E-state index contributed by atoms with van der Waals surface area (Å²) >= 11 is 0. The first-order valence-electron chi connectivity index (χ1n) is 12.9. The Hall–Kier alpha value is -4.60. The summed E-state index contributed by atoms with van der Waals surface area (Å²) in [6.07, 6.45) is 0. The summed E-state index contributed by atoms with van der Waals surface area (Å²) in [6.45, 7) is 5.61. The molecule has 0 bridgehead atoms. The Balaban J connectivity index is 1.87. The molecule has 4 rings (SSSR count). The van der Waals surface area contributed by atoms with E-state index in [1.54, 1.807) is 25.3 Å². The number of nitrogens with zero attached hydrogens (tertiary/aromatic N) is 4. The van der Waals surface area contributed by atoms with Gasteiger partial charge in [0.15, 0.2) is 11.5 Å². The van der Waals surface area contributed by atoms with Crippen molar-refractivity contribution in [3.63, 3.8) is 0 Å². The number of amides is 2. The average molecular weight is 546 g/mol. The number of rotatable bonds is 10. The Bertz CT molecular complexity index is 1490. The molecule has 10 heteroatoms. The highest BCUT2D eigenvalue weighted by Crippen LogP contribution is 2.38. The Labute approximate surface area is 233 Å². The lowest BCUT2D eigenvalue weighted by Gasteiger charge is -2.35. The average Bonchev–Trinajstić information content (AvgIpc) is 3.34. The van der Waals surface area contributed by atoms with Gasteiger partial charge in [-0.2, -0.15) is 0 Å². The fourth-order valence-electron chi connectivity index (χ4n) is 4.61. The van der Waals surface area contributed by atoms with Crippen LogP contribution in [0.25, 0.3) is 11.0 Å². The van der Waals surface area contributed by atoms with Crippen LogP contribution in [0, 0.1) is 0 Å². The number of benzene rings is 3. The van der Waals surface area contributed by atoms with Gasteiger partial charge in [0.2, 0.25) is 11.8 Å². The number of methoxy groups -OCH3 is 3. The molecule has 0 aliphatic rings. The minimum atomic E-state index is -1.07. The van der Waals surface area contributed by atoms with Gasteiger partial charge >= 0.3 is 0 Å². The summed E-state index contributed by atoms with van der Waals surface area (Å²) in [5.74, 6) is 0.689. The van der Waals surface area contributed by atoms with Crippen LogP contribution in [0.15, 0.2) is 66.7 Å². The predicted octanol–water partition coefficient (Wildman–Crippen LogP) is 4.14. The van der Waals surface area contributed by atoms with Gasteiger partial charge in [-0.1, -0.05) is 47.7 Å². The molecule has 1 heterocycles. The highest BCUT2D eigenvalue weighted by Gasteiger charge is 2.36. The van der Waals surface area contributed by atoms with Gasteiger partial charge < -0.3 is 24.4 Å². The van der Waals surface area contributed by atoms with Crippen LogP contribution >= 0.6 is 0 Å². The number of hydrogen-bond donors (Lipinski definition) is 1. The molecule has 1 atom stereocenters. The van der Waals surface area contributed by atoms with Crippen molar-refractivity contribution in [3.8, 4) is 17.2 Å². The lowest BCUT2D eigenvalue weighted by atomic mass is 9.99. The topological polar surface area (TPSA) is 108 Å². The van der Waals surface area contributed by atoms with Crippen molar-refractivity contribution >= 4 is 22.8 Å². The molecule has 1 N–H and O–H groups in total. The molecule has 0 spiro atoms. The number of carbonyl (C=O) groups is 2. The van der Waals surface area contributed by atoms with E-state index in [0.717, 1.165) is 5.56 Å². The number of carbonyl (C=O) groups excluding carboxylic acids is 2. The Kier molecular flexibility index (Phi) is 8.57. The molecule has 0 radical (unpaired) electrons. The van der Waals surface area contributed by atoms with E-state index in [-0.39, 0.29) is 24.9 Å². The van der Waals surface area contributed by atoms with Crippen LogP contribution in [-0.4, -0.2) is 58.6 Å². The quantitative estimate of drug-likeness (QED) is 0.319.